The number of anilines is 2. The van der Waals surface area contributed by atoms with E-state index in [1.54, 1.807) is 54.6 Å². The van der Waals surface area contributed by atoms with Crippen molar-refractivity contribution in [3.8, 4) is 0 Å². The van der Waals surface area contributed by atoms with Gasteiger partial charge in [-0.05, 0) is 67.6 Å². The monoisotopic (exact) mass is 641 g/mol. The number of alkyl halides is 3. The van der Waals surface area contributed by atoms with Crippen LogP contribution in [0.4, 0.5) is 28.9 Å². The molecule has 6 nitrogen and oxygen atoms in total. The minimum absolute atomic E-state index is 0.0211. The van der Waals surface area contributed by atoms with Gasteiger partial charge in [0.1, 0.15) is 11.5 Å². The van der Waals surface area contributed by atoms with E-state index >= 15 is 0 Å². The third-order valence-corrected chi connectivity index (χ3v) is 7.50. The molecule has 0 aliphatic carbocycles. The van der Waals surface area contributed by atoms with Crippen LogP contribution in [0, 0.1) is 5.82 Å². The van der Waals surface area contributed by atoms with E-state index in [4.69, 9.17) is 11.6 Å². The summed E-state index contributed by atoms with van der Waals surface area (Å²) in [5, 5.41) is 6.67. The van der Waals surface area contributed by atoms with E-state index in [0.717, 1.165) is 30.0 Å². The van der Waals surface area contributed by atoms with Crippen molar-refractivity contribution in [1.82, 2.24) is 5.32 Å². The molecule has 226 valence electrons. The summed E-state index contributed by atoms with van der Waals surface area (Å²) in [6.45, 7) is 1.53. The fraction of sp³-hybridized carbons (Fsp3) is 0.0938. The molecule has 0 fully saturated rings. The maximum atomic E-state index is 14.6. The van der Waals surface area contributed by atoms with E-state index in [0.29, 0.717) is 4.90 Å². The van der Waals surface area contributed by atoms with E-state index in [1.165, 1.54) is 37.3 Å². The maximum Gasteiger partial charge on any atom is 0.418 e. The first-order valence-electron chi connectivity index (χ1n) is 13.0. The van der Waals surface area contributed by atoms with E-state index in [-0.39, 0.29) is 33.2 Å². The number of nitrogens with one attached hydrogen (secondary N) is 3. The first-order valence-corrected chi connectivity index (χ1v) is 14.3. The molecule has 1 atom stereocenters. The van der Waals surface area contributed by atoms with Gasteiger partial charge in [0.25, 0.3) is 11.8 Å². The average molecular weight is 642 g/mol. The Morgan fingerprint density at radius 2 is 1.55 bits per heavy atom. The van der Waals surface area contributed by atoms with Gasteiger partial charge in [0.05, 0.1) is 21.5 Å². The molecule has 0 aliphatic heterocycles. The first kappa shape index (κ1) is 32.3. The second-order valence-corrected chi connectivity index (χ2v) is 11.1. The quantitative estimate of drug-likeness (QED) is 0.0981. The lowest BCUT2D eigenvalue weighted by molar-refractivity contribution is -0.137. The van der Waals surface area contributed by atoms with Crippen molar-refractivity contribution < 1.29 is 31.9 Å². The van der Waals surface area contributed by atoms with Gasteiger partial charge in [-0.3, -0.25) is 14.4 Å². The van der Waals surface area contributed by atoms with E-state index < -0.39 is 40.5 Å². The average Bonchev–Trinajstić information content (AvgIpc) is 2.98. The Bertz CT molecular complexity index is 1690. The zero-order valence-corrected chi connectivity index (χ0v) is 24.5. The smallest absolute Gasteiger partial charge is 0.325 e. The molecule has 3 N–H and O–H groups in total. The summed E-state index contributed by atoms with van der Waals surface area (Å²) in [4.78, 5) is 39.5. The summed E-state index contributed by atoms with van der Waals surface area (Å²) < 4.78 is 54.5. The van der Waals surface area contributed by atoms with Crippen molar-refractivity contribution in [2.45, 2.75) is 23.2 Å². The van der Waals surface area contributed by atoms with Crippen molar-refractivity contribution in [3.63, 3.8) is 0 Å². The van der Waals surface area contributed by atoms with Crippen LogP contribution in [-0.2, 0) is 15.8 Å². The molecule has 0 aliphatic rings. The lowest BCUT2D eigenvalue weighted by Gasteiger charge is -2.16. The molecule has 0 heterocycles. The standard InChI is InChI=1S/C32H24ClF4N3O3S/c1-19(29(41)39-27-16-6-5-13-24(27)32(35,36)37)44-22-12-7-11-21(17-22)38-31(43)28(18-23-25(33)14-8-15-26(23)34)40-30(42)20-9-3-2-4-10-20/h2-19H,1H3,(H,38,43)(H,39,41)(H,40,42)/b28-18+. The van der Waals surface area contributed by atoms with Crippen molar-refractivity contribution in [3.05, 3.63) is 130 Å². The van der Waals surface area contributed by atoms with Crippen LogP contribution in [-0.4, -0.2) is 23.0 Å². The summed E-state index contributed by atoms with van der Waals surface area (Å²) >= 11 is 7.20. The fourth-order valence-electron chi connectivity index (χ4n) is 3.91. The van der Waals surface area contributed by atoms with Crippen molar-refractivity contribution in [1.29, 1.82) is 0 Å². The summed E-state index contributed by atoms with van der Waals surface area (Å²) in [6, 6.07) is 23.1. The Balaban J connectivity index is 1.51. The molecule has 0 saturated carbocycles. The Labute approximate surface area is 259 Å². The SMILES string of the molecule is CC(Sc1cccc(NC(=O)/C(=C\c2c(F)cccc2Cl)NC(=O)c2ccccc2)c1)C(=O)Nc1ccccc1C(F)(F)F. The third kappa shape index (κ3) is 8.48. The number of carbonyl (C=O) groups excluding carboxylic acids is 3. The van der Waals surface area contributed by atoms with Crippen LogP contribution >= 0.6 is 23.4 Å². The van der Waals surface area contributed by atoms with E-state index in [1.807, 2.05) is 0 Å². The molecule has 44 heavy (non-hydrogen) atoms. The molecule has 4 rings (SSSR count). The first-order chi connectivity index (χ1) is 20.9. The van der Waals surface area contributed by atoms with Crippen LogP contribution in [0.15, 0.2) is 108 Å². The Morgan fingerprint density at radius 3 is 2.25 bits per heavy atom. The molecule has 4 aromatic carbocycles. The topological polar surface area (TPSA) is 87.3 Å². The maximum absolute atomic E-state index is 14.6. The van der Waals surface area contributed by atoms with Gasteiger partial charge in [-0.2, -0.15) is 13.2 Å². The van der Waals surface area contributed by atoms with Gasteiger partial charge in [0.2, 0.25) is 5.91 Å². The number of thioether (sulfide) groups is 1. The molecule has 4 aromatic rings. The number of benzene rings is 4. The van der Waals surface area contributed by atoms with Crippen molar-refractivity contribution >= 4 is 58.5 Å². The zero-order valence-electron chi connectivity index (χ0n) is 22.9. The van der Waals surface area contributed by atoms with Crippen molar-refractivity contribution in [2.24, 2.45) is 0 Å². The predicted octanol–water partition coefficient (Wildman–Crippen LogP) is 8.03. The highest BCUT2D eigenvalue weighted by molar-refractivity contribution is 8.00. The second-order valence-electron chi connectivity index (χ2n) is 9.29. The summed E-state index contributed by atoms with van der Waals surface area (Å²) in [6.07, 6.45) is -3.52. The molecular formula is C32H24ClF4N3O3S. The second kappa shape index (κ2) is 14.2. The minimum atomic E-state index is -4.64. The van der Waals surface area contributed by atoms with Gasteiger partial charge in [0, 0.05) is 21.7 Å². The number of carbonyl (C=O) groups is 3. The van der Waals surface area contributed by atoms with Gasteiger partial charge < -0.3 is 16.0 Å². The number of hydrogen-bond donors (Lipinski definition) is 3. The number of amides is 3. The van der Waals surface area contributed by atoms with Crippen molar-refractivity contribution in [2.75, 3.05) is 10.6 Å². The Kier molecular flexibility index (Phi) is 10.5. The molecule has 1 unspecified atom stereocenters. The third-order valence-electron chi connectivity index (χ3n) is 6.08. The predicted molar refractivity (Wildman–Crippen MR) is 164 cm³/mol. The van der Waals surface area contributed by atoms with Gasteiger partial charge >= 0.3 is 6.18 Å². The van der Waals surface area contributed by atoms with Gasteiger partial charge in [-0.25, -0.2) is 4.39 Å². The lowest BCUT2D eigenvalue weighted by atomic mass is 10.1. The fourth-order valence-corrected chi connectivity index (χ4v) is 5.06. The molecule has 0 radical (unpaired) electrons. The van der Waals surface area contributed by atoms with Crippen LogP contribution in [0.2, 0.25) is 5.02 Å². The van der Waals surface area contributed by atoms with Crippen LogP contribution in [0.1, 0.15) is 28.4 Å². The summed E-state index contributed by atoms with van der Waals surface area (Å²) in [5.74, 6) is -2.77. The molecule has 0 saturated heterocycles. The normalized spacial score (nSPS) is 12.3. The highest BCUT2D eigenvalue weighted by atomic mass is 35.5. The highest BCUT2D eigenvalue weighted by Crippen LogP contribution is 2.35. The minimum Gasteiger partial charge on any atom is -0.325 e. The summed E-state index contributed by atoms with van der Waals surface area (Å²) in [5.41, 5.74) is -1.19. The molecule has 3 amide bonds. The number of hydrogen-bond acceptors (Lipinski definition) is 4. The van der Waals surface area contributed by atoms with Crippen LogP contribution in [0.5, 0.6) is 0 Å². The zero-order chi connectivity index (χ0) is 31.9. The highest BCUT2D eigenvalue weighted by Gasteiger charge is 2.34. The van der Waals surface area contributed by atoms with Crippen LogP contribution in [0.25, 0.3) is 6.08 Å². The van der Waals surface area contributed by atoms with Gasteiger partial charge in [-0.1, -0.05) is 54.1 Å². The number of para-hydroxylation sites is 1. The molecule has 0 bridgehead atoms. The molecule has 0 aromatic heterocycles. The number of rotatable bonds is 9. The summed E-state index contributed by atoms with van der Waals surface area (Å²) in [7, 11) is 0. The largest absolute Gasteiger partial charge is 0.418 e. The molecular weight excluding hydrogens is 618 g/mol. The van der Waals surface area contributed by atoms with E-state index in [2.05, 4.69) is 16.0 Å². The number of halogens is 5. The van der Waals surface area contributed by atoms with E-state index in [9.17, 15) is 31.9 Å². The lowest BCUT2D eigenvalue weighted by Crippen LogP contribution is -2.30. The Morgan fingerprint density at radius 1 is 0.864 bits per heavy atom. The van der Waals surface area contributed by atoms with Crippen LogP contribution < -0.4 is 16.0 Å². The van der Waals surface area contributed by atoms with Crippen LogP contribution in [0.3, 0.4) is 0 Å². The molecule has 12 heteroatoms. The Hall–Kier alpha value is -4.61. The molecule has 0 spiro atoms. The van der Waals surface area contributed by atoms with Gasteiger partial charge in [0.15, 0.2) is 0 Å². The van der Waals surface area contributed by atoms with Gasteiger partial charge in [-0.15, -0.1) is 11.8 Å².